The summed E-state index contributed by atoms with van der Waals surface area (Å²) in [6.07, 6.45) is 8.40. The zero-order valence-corrected chi connectivity index (χ0v) is 13.1. The number of nitrogens with one attached hydrogen (secondary N) is 1. The summed E-state index contributed by atoms with van der Waals surface area (Å²) in [5, 5.41) is 4.18. The van der Waals surface area contributed by atoms with Crippen LogP contribution in [-0.4, -0.2) is 16.8 Å². The van der Waals surface area contributed by atoms with Crippen LogP contribution in [0.15, 0.2) is 0 Å². The lowest BCUT2D eigenvalue weighted by molar-refractivity contribution is -0.139. The zero-order valence-electron chi connectivity index (χ0n) is 11.5. The van der Waals surface area contributed by atoms with Crippen molar-refractivity contribution in [3.63, 3.8) is 0 Å². The topological polar surface area (TPSA) is 29.1 Å². The van der Waals surface area contributed by atoms with Crippen molar-refractivity contribution < 1.29 is 4.79 Å². The van der Waals surface area contributed by atoms with E-state index in [9.17, 15) is 4.79 Å². The van der Waals surface area contributed by atoms with Crippen LogP contribution >= 0.6 is 15.9 Å². The largest absolute Gasteiger partial charge is 0.351 e. The lowest BCUT2D eigenvalue weighted by Crippen LogP contribution is -2.65. The van der Waals surface area contributed by atoms with Crippen LogP contribution < -0.4 is 5.32 Å². The summed E-state index contributed by atoms with van der Waals surface area (Å²) in [6, 6.07) is 0. The molecule has 4 bridgehead atoms. The van der Waals surface area contributed by atoms with Gasteiger partial charge in [-0.05, 0) is 55.3 Å². The van der Waals surface area contributed by atoms with E-state index in [1.54, 1.807) is 0 Å². The molecule has 4 saturated carbocycles. The van der Waals surface area contributed by atoms with Crippen molar-refractivity contribution in [2.45, 2.75) is 64.3 Å². The molecule has 18 heavy (non-hydrogen) atoms. The average Bonchev–Trinajstić information content (AvgIpc) is 2.09. The lowest BCUT2D eigenvalue weighted by Gasteiger charge is -2.65. The van der Waals surface area contributed by atoms with Gasteiger partial charge in [-0.3, -0.25) is 4.79 Å². The molecular formula is C15H24BrNO. The van der Waals surface area contributed by atoms with E-state index in [0.717, 1.165) is 11.2 Å². The predicted octanol–water partition coefficient (Wildman–Crippen LogP) is 3.64. The molecule has 1 amide bonds. The third kappa shape index (κ3) is 2.13. The maximum atomic E-state index is 12.0. The lowest BCUT2D eigenvalue weighted by atomic mass is 9.43. The number of rotatable bonds is 3. The summed E-state index contributed by atoms with van der Waals surface area (Å²) in [6.45, 7) is 4.89. The molecule has 1 N–H and O–H groups in total. The Bertz CT molecular complexity index is 363. The summed E-state index contributed by atoms with van der Waals surface area (Å²) in [5.74, 6) is 1.08. The van der Waals surface area contributed by atoms with E-state index in [1.165, 1.54) is 38.5 Å². The van der Waals surface area contributed by atoms with Gasteiger partial charge in [0.1, 0.15) is 0 Å². The fourth-order valence-electron chi connectivity index (χ4n) is 6.03. The highest BCUT2D eigenvalue weighted by Gasteiger charge is 2.60. The fraction of sp³-hybridized carbons (Fsp3) is 0.933. The first-order valence-corrected chi connectivity index (χ1v) is 8.35. The van der Waals surface area contributed by atoms with Crippen LogP contribution in [-0.2, 0) is 4.79 Å². The number of hydrogen-bond donors (Lipinski definition) is 1. The van der Waals surface area contributed by atoms with Gasteiger partial charge >= 0.3 is 0 Å². The average molecular weight is 314 g/mol. The molecule has 2 nitrogen and oxygen atoms in total. The maximum Gasteiger partial charge on any atom is 0.221 e. The Labute approximate surface area is 118 Å². The third-order valence-corrected chi connectivity index (χ3v) is 5.75. The Kier molecular flexibility index (Phi) is 2.86. The van der Waals surface area contributed by atoms with Crippen LogP contribution in [0.5, 0.6) is 0 Å². The highest BCUT2D eigenvalue weighted by Crippen LogP contribution is 2.66. The molecule has 0 aromatic carbocycles. The molecule has 2 unspecified atom stereocenters. The Morgan fingerprint density at radius 2 is 1.78 bits per heavy atom. The van der Waals surface area contributed by atoms with Crippen molar-refractivity contribution in [3.05, 3.63) is 0 Å². The first-order valence-electron chi connectivity index (χ1n) is 7.23. The maximum absolute atomic E-state index is 12.0. The van der Waals surface area contributed by atoms with E-state index >= 15 is 0 Å². The van der Waals surface area contributed by atoms with Gasteiger partial charge in [-0.2, -0.15) is 0 Å². The number of amides is 1. The summed E-state index contributed by atoms with van der Waals surface area (Å²) in [5.41, 5.74) is 1.09. The SMILES string of the molecule is CC12CC3CC(C)(C1)CC(NC(=O)CCBr)(C3)C2. The minimum Gasteiger partial charge on any atom is -0.351 e. The number of carbonyl (C=O) groups excluding carboxylic acids is 1. The van der Waals surface area contributed by atoms with Crippen molar-refractivity contribution in [2.24, 2.45) is 16.7 Å². The predicted molar refractivity (Wildman–Crippen MR) is 76.7 cm³/mol. The molecule has 2 atom stereocenters. The molecule has 0 radical (unpaired) electrons. The molecule has 0 spiro atoms. The van der Waals surface area contributed by atoms with E-state index in [4.69, 9.17) is 0 Å². The van der Waals surface area contributed by atoms with E-state index in [-0.39, 0.29) is 11.4 Å². The van der Waals surface area contributed by atoms with Crippen LogP contribution in [0.4, 0.5) is 0 Å². The van der Waals surface area contributed by atoms with Crippen LogP contribution in [0.3, 0.4) is 0 Å². The first-order chi connectivity index (χ1) is 8.36. The molecule has 4 aliphatic rings. The zero-order chi connectivity index (χ0) is 13.0. The van der Waals surface area contributed by atoms with Gasteiger partial charge in [-0.1, -0.05) is 29.8 Å². The first kappa shape index (κ1) is 13.0. The van der Waals surface area contributed by atoms with E-state index in [0.29, 0.717) is 17.3 Å². The molecule has 4 aliphatic carbocycles. The van der Waals surface area contributed by atoms with Crippen molar-refractivity contribution in [3.8, 4) is 0 Å². The second-order valence-electron chi connectivity index (χ2n) is 7.90. The van der Waals surface area contributed by atoms with Gasteiger partial charge in [0.15, 0.2) is 0 Å². The van der Waals surface area contributed by atoms with Crippen molar-refractivity contribution >= 4 is 21.8 Å². The minimum absolute atomic E-state index is 0.127. The normalized spacial score (nSPS) is 49.4. The van der Waals surface area contributed by atoms with Gasteiger partial charge in [-0.25, -0.2) is 0 Å². The summed E-state index contributed by atoms with van der Waals surface area (Å²) < 4.78 is 0. The number of alkyl halides is 1. The van der Waals surface area contributed by atoms with Crippen LogP contribution in [0, 0.1) is 16.7 Å². The Balaban J connectivity index is 1.82. The van der Waals surface area contributed by atoms with Gasteiger partial charge in [-0.15, -0.1) is 0 Å². The smallest absolute Gasteiger partial charge is 0.221 e. The molecule has 0 aromatic rings. The van der Waals surface area contributed by atoms with E-state index in [1.807, 2.05) is 0 Å². The number of carbonyl (C=O) groups is 1. The molecule has 3 heteroatoms. The fourth-order valence-corrected chi connectivity index (χ4v) is 6.39. The Hall–Kier alpha value is -0.0500. The number of hydrogen-bond acceptors (Lipinski definition) is 1. The van der Waals surface area contributed by atoms with Gasteiger partial charge in [0.05, 0.1) is 0 Å². The highest BCUT2D eigenvalue weighted by molar-refractivity contribution is 9.09. The molecule has 102 valence electrons. The molecule has 0 saturated heterocycles. The molecule has 4 fully saturated rings. The molecule has 0 heterocycles. The molecule has 4 rings (SSSR count). The van der Waals surface area contributed by atoms with Crippen molar-refractivity contribution in [1.29, 1.82) is 0 Å². The highest BCUT2D eigenvalue weighted by atomic mass is 79.9. The Morgan fingerprint density at radius 1 is 1.17 bits per heavy atom. The minimum atomic E-state index is 0.127. The standard InChI is InChI=1S/C15H24BrNO/c1-13-5-11-6-14(2,8-13)10-15(7-11,9-13)17-12(18)3-4-16/h11H,3-10H2,1-2H3,(H,17,18). The quantitative estimate of drug-likeness (QED) is 0.792. The van der Waals surface area contributed by atoms with Gasteiger partial charge in [0, 0.05) is 17.3 Å². The van der Waals surface area contributed by atoms with Gasteiger partial charge in [0.2, 0.25) is 5.91 Å². The monoisotopic (exact) mass is 313 g/mol. The summed E-state index contributed by atoms with van der Waals surface area (Å²) in [4.78, 5) is 12.0. The van der Waals surface area contributed by atoms with E-state index < -0.39 is 0 Å². The van der Waals surface area contributed by atoms with Crippen LogP contribution in [0.2, 0.25) is 0 Å². The number of halogens is 1. The van der Waals surface area contributed by atoms with Crippen LogP contribution in [0.25, 0.3) is 0 Å². The molecular weight excluding hydrogens is 290 g/mol. The molecule has 0 aliphatic heterocycles. The van der Waals surface area contributed by atoms with E-state index in [2.05, 4.69) is 35.1 Å². The van der Waals surface area contributed by atoms with Gasteiger partial charge in [0.25, 0.3) is 0 Å². The summed E-state index contributed by atoms with van der Waals surface area (Å²) in [7, 11) is 0. The van der Waals surface area contributed by atoms with Crippen molar-refractivity contribution in [1.82, 2.24) is 5.32 Å². The molecule has 0 aromatic heterocycles. The van der Waals surface area contributed by atoms with Crippen molar-refractivity contribution in [2.75, 3.05) is 5.33 Å². The Morgan fingerprint density at radius 3 is 2.28 bits per heavy atom. The van der Waals surface area contributed by atoms with Crippen LogP contribution in [0.1, 0.15) is 58.8 Å². The second kappa shape index (κ2) is 3.97. The van der Waals surface area contributed by atoms with Gasteiger partial charge < -0.3 is 5.32 Å². The third-order valence-electron chi connectivity index (χ3n) is 5.35. The summed E-state index contributed by atoms with van der Waals surface area (Å²) >= 11 is 3.36. The second-order valence-corrected chi connectivity index (χ2v) is 8.69.